The van der Waals surface area contributed by atoms with E-state index in [9.17, 15) is 0 Å². The lowest BCUT2D eigenvalue weighted by Crippen LogP contribution is -2.14. The highest BCUT2D eigenvalue weighted by atomic mass is 14.0. The van der Waals surface area contributed by atoms with Crippen molar-refractivity contribution in [1.82, 2.24) is 0 Å². The van der Waals surface area contributed by atoms with Crippen molar-refractivity contribution in [2.24, 2.45) is 0 Å². The van der Waals surface area contributed by atoms with Crippen LogP contribution in [0.15, 0.2) is 66.6 Å². The number of hydrogen-bond donors (Lipinski definition) is 0. The number of benzene rings is 3. The summed E-state index contributed by atoms with van der Waals surface area (Å²) in [6.45, 7) is 2.08. The highest BCUT2D eigenvalue weighted by Crippen LogP contribution is 2.20. The van der Waals surface area contributed by atoms with Crippen LogP contribution in [-0.2, 0) is 0 Å². The minimum Gasteiger partial charge on any atom is -0.118 e. The molecule has 0 heterocycles. The maximum Gasteiger partial charge on any atom is 0.184 e. The number of hydrogen-bond acceptors (Lipinski definition) is 0. The van der Waals surface area contributed by atoms with E-state index in [0.29, 0.717) is 0 Å². The molecule has 0 atom stereocenters. The summed E-state index contributed by atoms with van der Waals surface area (Å²) >= 11 is 0. The molecule has 0 N–H and O–H groups in total. The predicted molar refractivity (Wildman–Crippen MR) is 83.1 cm³/mol. The van der Waals surface area contributed by atoms with Gasteiger partial charge in [0.15, 0.2) is 7.28 Å². The molecule has 0 aliphatic heterocycles. The van der Waals surface area contributed by atoms with Crippen molar-refractivity contribution in [2.45, 2.75) is 6.92 Å². The molecule has 86 valence electrons. The van der Waals surface area contributed by atoms with Gasteiger partial charge in [-0.25, -0.2) is 0 Å². The van der Waals surface area contributed by atoms with Crippen LogP contribution in [0.1, 0.15) is 6.92 Å². The molecule has 18 heavy (non-hydrogen) atoms. The minimum absolute atomic E-state index is 0.998. The molecule has 0 unspecified atom stereocenters. The monoisotopic (exact) mass is 230 g/mol. The minimum atomic E-state index is 0.998. The first kappa shape index (κ1) is 11.1. The topological polar surface area (TPSA) is 0 Å². The average molecular weight is 230 g/mol. The molecule has 0 aliphatic rings. The number of allylic oxidation sites excluding steroid dienone is 1. The Hall–Kier alpha value is -2.02. The molecule has 0 radical (unpaired) electrons. The zero-order valence-electron chi connectivity index (χ0n) is 10.6. The van der Waals surface area contributed by atoms with E-state index in [0.717, 1.165) is 7.28 Å². The van der Waals surface area contributed by atoms with Gasteiger partial charge in [0, 0.05) is 0 Å². The van der Waals surface area contributed by atoms with E-state index < -0.39 is 0 Å². The smallest absolute Gasteiger partial charge is 0.118 e. The summed E-state index contributed by atoms with van der Waals surface area (Å²) in [5.41, 5.74) is 1.43. The van der Waals surface area contributed by atoms with Gasteiger partial charge in [0.05, 0.1) is 0 Å². The standard InChI is InChI=1S/C17H15B/c1-2-11-18-17-15-9-5-3-7-13(15)12-14-8-4-6-10-16(14)17/h2-12,18H,1H3. The third kappa shape index (κ3) is 1.82. The van der Waals surface area contributed by atoms with Crippen molar-refractivity contribution < 1.29 is 0 Å². The summed E-state index contributed by atoms with van der Waals surface area (Å²) in [6.07, 6.45) is 2.12. The molecule has 0 saturated carbocycles. The van der Waals surface area contributed by atoms with Gasteiger partial charge in [0.25, 0.3) is 0 Å². The van der Waals surface area contributed by atoms with E-state index >= 15 is 0 Å². The van der Waals surface area contributed by atoms with Crippen LogP contribution in [0, 0.1) is 0 Å². The molecule has 0 fully saturated rings. The Bertz CT molecular complexity index is 672. The zero-order chi connectivity index (χ0) is 12.4. The first-order chi connectivity index (χ1) is 8.90. The average Bonchev–Trinajstić information content (AvgIpc) is 2.43. The third-order valence-electron chi connectivity index (χ3n) is 3.44. The lowest BCUT2D eigenvalue weighted by Gasteiger charge is -2.09. The van der Waals surface area contributed by atoms with Crippen LogP contribution in [0.25, 0.3) is 21.5 Å². The molecule has 3 rings (SSSR count). The second-order valence-electron chi connectivity index (χ2n) is 4.57. The molecule has 0 bridgehead atoms. The van der Waals surface area contributed by atoms with Crippen LogP contribution in [0.4, 0.5) is 0 Å². The highest BCUT2D eigenvalue weighted by Gasteiger charge is 2.06. The quantitative estimate of drug-likeness (QED) is 0.466. The van der Waals surface area contributed by atoms with E-state index in [1.165, 1.54) is 27.0 Å². The van der Waals surface area contributed by atoms with Crippen molar-refractivity contribution in [3.63, 3.8) is 0 Å². The zero-order valence-corrected chi connectivity index (χ0v) is 10.6. The molecule has 0 aliphatic carbocycles. The SMILES string of the molecule is CC=CBc1c2ccccc2cc2ccccc12. The molecule has 1 heteroatoms. The summed E-state index contributed by atoms with van der Waals surface area (Å²) in [4.78, 5) is 0. The van der Waals surface area contributed by atoms with Gasteiger partial charge in [-0.1, -0.05) is 54.0 Å². The fourth-order valence-corrected chi connectivity index (χ4v) is 2.56. The molecule has 3 aromatic carbocycles. The second kappa shape index (κ2) is 4.69. The van der Waals surface area contributed by atoms with Gasteiger partial charge in [-0.05, 0) is 34.5 Å². The normalized spacial score (nSPS) is 11.4. The van der Waals surface area contributed by atoms with Gasteiger partial charge >= 0.3 is 0 Å². The Labute approximate surface area is 108 Å². The Morgan fingerprint density at radius 3 is 1.94 bits per heavy atom. The van der Waals surface area contributed by atoms with Crippen LogP contribution in [-0.4, -0.2) is 7.28 Å². The van der Waals surface area contributed by atoms with Crippen LogP contribution < -0.4 is 5.46 Å². The van der Waals surface area contributed by atoms with Crippen molar-refractivity contribution >= 4 is 34.3 Å². The Morgan fingerprint density at radius 1 is 0.833 bits per heavy atom. The maximum absolute atomic E-state index is 2.28. The molecule has 0 nitrogen and oxygen atoms in total. The van der Waals surface area contributed by atoms with Gasteiger partial charge in [0.2, 0.25) is 0 Å². The Morgan fingerprint density at radius 2 is 1.39 bits per heavy atom. The maximum atomic E-state index is 2.28. The lowest BCUT2D eigenvalue weighted by molar-refractivity contribution is 1.77. The third-order valence-corrected chi connectivity index (χ3v) is 3.44. The predicted octanol–water partition coefficient (Wildman–Crippen LogP) is 3.59. The van der Waals surface area contributed by atoms with Crippen molar-refractivity contribution in [2.75, 3.05) is 0 Å². The van der Waals surface area contributed by atoms with E-state index in [2.05, 4.69) is 73.6 Å². The molecule has 0 aromatic heterocycles. The summed E-state index contributed by atoms with van der Waals surface area (Å²) < 4.78 is 0. The van der Waals surface area contributed by atoms with Gasteiger partial charge in [0.1, 0.15) is 0 Å². The fraction of sp³-hybridized carbons (Fsp3) is 0.0588. The Balaban J connectivity index is 2.41. The lowest BCUT2D eigenvalue weighted by atomic mass is 9.66. The van der Waals surface area contributed by atoms with Gasteiger partial charge < -0.3 is 0 Å². The molecule has 3 aromatic rings. The van der Waals surface area contributed by atoms with Gasteiger partial charge in [-0.2, -0.15) is 0 Å². The number of fused-ring (bicyclic) bond motifs is 2. The molecule has 0 amide bonds. The summed E-state index contributed by atoms with van der Waals surface area (Å²) in [6, 6.07) is 19.6. The van der Waals surface area contributed by atoms with Crippen molar-refractivity contribution in [1.29, 1.82) is 0 Å². The molecular weight excluding hydrogens is 215 g/mol. The van der Waals surface area contributed by atoms with E-state index in [1.807, 2.05) is 0 Å². The Kier molecular flexibility index (Phi) is 2.89. The fourth-order valence-electron chi connectivity index (χ4n) is 2.56. The number of rotatable bonds is 2. The second-order valence-corrected chi connectivity index (χ2v) is 4.57. The first-order valence-corrected chi connectivity index (χ1v) is 6.40. The van der Waals surface area contributed by atoms with Crippen molar-refractivity contribution in [3.05, 3.63) is 66.6 Å². The summed E-state index contributed by atoms with van der Waals surface area (Å²) in [5.74, 6) is 2.23. The summed E-state index contributed by atoms with van der Waals surface area (Å²) in [7, 11) is 0.998. The largest absolute Gasteiger partial charge is 0.184 e. The van der Waals surface area contributed by atoms with E-state index in [4.69, 9.17) is 0 Å². The van der Waals surface area contributed by atoms with E-state index in [1.54, 1.807) is 0 Å². The van der Waals surface area contributed by atoms with Crippen LogP contribution >= 0.6 is 0 Å². The highest BCUT2D eigenvalue weighted by molar-refractivity contribution is 6.65. The molecular formula is C17H15B. The van der Waals surface area contributed by atoms with Gasteiger partial charge in [-0.3, -0.25) is 0 Å². The molecule has 0 spiro atoms. The molecule has 0 saturated heterocycles. The van der Waals surface area contributed by atoms with E-state index in [-0.39, 0.29) is 0 Å². The first-order valence-electron chi connectivity index (χ1n) is 6.40. The van der Waals surface area contributed by atoms with Gasteiger partial charge in [-0.15, -0.1) is 12.1 Å². The van der Waals surface area contributed by atoms with Crippen molar-refractivity contribution in [3.8, 4) is 0 Å². The summed E-state index contributed by atoms with van der Waals surface area (Å²) in [5, 5.41) is 5.40. The van der Waals surface area contributed by atoms with Crippen LogP contribution in [0.3, 0.4) is 0 Å². The van der Waals surface area contributed by atoms with Crippen LogP contribution in [0.5, 0.6) is 0 Å². The van der Waals surface area contributed by atoms with Crippen LogP contribution in [0.2, 0.25) is 0 Å².